The van der Waals surface area contributed by atoms with Crippen molar-refractivity contribution in [2.45, 2.75) is 24.9 Å². The Morgan fingerprint density at radius 2 is 2.06 bits per heavy atom. The summed E-state index contributed by atoms with van der Waals surface area (Å²) >= 11 is 6.85. The molecule has 0 spiro atoms. The van der Waals surface area contributed by atoms with Gasteiger partial charge in [-0.05, 0) is 62.4 Å². The Hall–Kier alpha value is -0.880. The molecule has 0 aromatic heterocycles. The number of nitrogens with zero attached hydrogens (tertiary/aromatic N) is 1. The van der Waals surface area contributed by atoms with Crippen molar-refractivity contribution in [3.05, 3.63) is 32.7 Å². The molecule has 18 heavy (non-hydrogen) atoms. The minimum atomic E-state index is -0.448. The van der Waals surface area contributed by atoms with E-state index in [0.29, 0.717) is 12.0 Å². The van der Waals surface area contributed by atoms with Crippen LogP contribution in [0.2, 0.25) is 0 Å². The second-order valence-corrected chi connectivity index (χ2v) is 6.17. The standard InChI is InChI=1S/C12H11Br2N3O/c13-8-4-1-6(5-9(8)14)10-11(18)17-12(16-10)15-7-2-3-7/h1,4-5,7,10H,2-3H2,(H2,15,16,17,18). The molecule has 1 saturated carbocycles. The van der Waals surface area contributed by atoms with Crippen LogP contribution in [0, 0.1) is 0 Å². The number of benzene rings is 1. The molecular weight excluding hydrogens is 362 g/mol. The number of halogens is 2. The summed E-state index contributed by atoms with van der Waals surface area (Å²) in [7, 11) is 0. The number of nitrogens with one attached hydrogen (secondary N) is 2. The van der Waals surface area contributed by atoms with E-state index in [-0.39, 0.29) is 5.91 Å². The maximum atomic E-state index is 11.9. The topological polar surface area (TPSA) is 53.5 Å². The number of carbonyl (C=O) groups is 1. The Kier molecular flexibility index (Phi) is 3.15. The highest BCUT2D eigenvalue weighted by molar-refractivity contribution is 9.13. The van der Waals surface area contributed by atoms with E-state index in [1.807, 2.05) is 18.2 Å². The molecule has 2 N–H and O–H groups in total. The number of amides is 1. The van der Waals surface area contributed by atoms with Crippen molar-refractivity contribution in [2.75, 3.05) is 0 Å². The summed E-state index contributed by atoms with van der Waals surface area (Å²) < 4.78 is 1.89. The van der Waals surface area contributed by atoms with Crippen LogP contribution in [-0.2, 0) is 4.79 Å². The summed E-state index contributed by atoms with van der Waals surface area (Å²) in [6.07, 6.45) is 2.31. The number of carbonyl (C=O) groups excluding carboxylic acids is 1. The van der Waals surface area contributed by atoms with Gasteiger partial charge in [-0.3, -0.25) is 10.1 Å². The summed E-state index contributed by atoms with van der Waals surface area (Å²) in [4.78, 5) is 16.3. The van der Waals surface area contributed by atoms with Crippen LogP contribution in [0.4, 0.5) is 0 Å². The Morgan fingerprint density at radius 3 is 2.72 bits per heavy atom. The molecule has 4 nitrogen and oxygen atoms in total. The number of hydrogen-bond acceptors (Lipinski definition) is 3. The largest absolute Gasteiger partial charge is 0.353 e. The van der Waals surface area contributed by atoms with Crippen molar-refractivity contribution in [1.82, 2.24) is 10.6 Å². The first-order valence-corrected chi connectivity index (χ1v) is 7.32. The second-order valence-electron chi connectivity index (χ2n) is 4.46. The van der Waals surface area contributed by atoms with Gasteiger partial charge in [0.25, 0.3) is 5.91 Å². The van der Waals surface area contributed by atoms with Gasteiger partial charge in [0.1, 0.15) is 0 Å². The fraction of sp³-hybridized carbons (Fsp3) is 0.333. The molecule has 1 atom stereocenters. The third kappa shape index (κ3) is 2.44. The van der Waals surface area contributed by atoms with Gasteiger partial charge in [-0.1, -0.05) is 6.07 Å². The van der Waals surface area contributed by atoms with Gasteiger partial charge in [0.05, 0.1) is 0 Å². The zero-order valence-electron chi connectivity index (χ0n) is 9.41. The first kappa shape index (κ1) is 12.2. The third-order valence-electron chi connectivity index (χ3n) is 2.93. The second kappa shape index (κ2) is 4.66. The van der Waals surface area contributed by atoms with Gasteiger partial charge in [-0.25, -0.2) is 4.99 Å². The average Bonchev–Trinajstić information content (AvgIpc) is 3.06. The highest BCUT2D eigenvalue weighted by atomic mass is 79.9. The van der Waals surface area contributed by atoms with E-state index >= 15 is 0 Å². The van der Waals surface area contributed by atoms with Crippen molar-refractivity contribution in [1.29, 1.82) is 0 Å². The summed E-state index contributed by atoms with van der Waals surface area (Å²) in [6, 6.07) is 5.77. The van der Waals surface area contributed by atoms with Crippen molar-refractivity contribution in [2.24, 2.45) is 4.99 Å². The molecule has 0 radical (unpaired) electrons. The van der Waals surface area contributed by atoms with Crippen LogP contribution in [0.15, 0.2) is 32.1 Å². The number of rotatable bonds is 2. The predicted octanol–water partition coefficient (Wildman–Crippen LogP) is 2.49. The Balaban J connectivity index is 1.83. The molecule has 1 aromatic rings. The van der Waals surface area contributed by atoms with Crippen LogP contribution in [0.5, 0.6) is 0 Å². The molecule has 1 unspecified atom stereocenters. The average molecular weight is 373 g/mol. The van der Waals surface area contributed by atoms with E-state index in [4.69, 9.17) is 0 Å². The quantitative estimate of drug-likeness (QED) is 0.837. The van der Waals surface area contributed by atoms with Crippen LogP contribution in [-0.4, -0.2) is 17.9 Å². The van der Waals surface area contributed by atoms with E-state index in [1.165, 1.54) is 0 Å². The summed E-state index contributed by atoms with van der Waals surface area (Å²) in [5, 5.41) is 5.99. The van der Waals surface area contributed by atoms with Gasteiger partial charge in [-0.2, -0.15) is 0 Å². The molecule has 1 aliphatic carbocycles. The number of guanidine groups is 1. The van der Waals surface area contributed by atoms with E-state index in [9.17, 15) is 4.79 Å². The maximum Gasteiger partial charge on any atom is 0.256 e. The van der Waals surface area contributed by atoms with Gasteiger partial charge in [0.2, 0.25) is 0 Å². The number of hydrogen-bond donors (Lipinski definition) is 2. The van der Waals surface area contributed by atoms with E-state index in [2.05, 4.69) is 47.5 Å². The summed E-state index contributed by atoms with van der Waals surface area (Å²) in [5.41, 5.74) is 0.884. The first-order chi connectivity index (χ1) is 8.63. The predicted molar refractivity (Wildman–Crippen MR) is 76.3 cm³/mol. The monoisotopic (exact) mass is 371 g/mol. The zero-order valence-corrected chi connectivity index (χ0v) is 12.6. The van der Waals surface area contributed by atoms with Crippen molar-refractivity contribution >= 4 is 43.7 Å². The Labute approximate surface area is 122 Å². The van der Waals surface area contributed by atoms with Crippen LogP contribution >= 0.6 is 31.9 Å². The molecule has 0 bridgehead atoms. The minimum absolute atomic E-state index is 0.0765. The molecule has 3 rings (SSSR count). The maximum absolute atomic E-state index is 11.9. The molecule has 0 saturated heterocycles. The van der Waals surface area contributed by atoms with E-state index < -0.39 is 6.04 Å². The summed E-state index contributed by atoms with van der Waals surface area (Å²) in [5.74, 6) is 0.527. The lowest BCUT2D eigenvalue weighted by Crippen LogP contribution is -2.37. The smallest absolute Gasteiger partial charge is 0.256 e. The summed E-state index contributed by atoms with van der Waals surface area (Å²) in [6.45, 7) is 0. The minimum Gasteiger partial charge on any atom is -0.353 e. The van der Waals surface area contributed by atoms with Gasteiger partial charge in [0.15, 0.2) is 12.0 Å². The molecule has 1 aliphatic heterocycles. The zero-order chi connectivity index (χ0) is 12.7. The Bertz CT molecular complexity index is 540. The molecular formula is C12H11Br2N3O. The highest BCUT2D eigenvalue weighted by Gasteiger charge is 2.31. The van der Waals surface area contributed by atoms with Crippen LogP contribution in [0.25, 0.3) is 0 Å². The molecule has 94 valence electrons. The lowest BCUT2D eigenvalue weighted by atomic mass is 10.1. The normalized spacial score (nSPS) is 22.7. The van der Waals surface area contributed by atoms with Gasteiger partial charge in [0, 0.05) is 15.0 Å². The fourth-order valence-corrected chi connectivity index (χ4v) is 2.45. The highest BCUT2D eigenvalue weighted by Crippen LogP contribution is 2.29. The molecule has 1 amide bonds. The van der Waals surface area contributed by atoms with Gasteiger partial charge in [-0.15, -0.1) is 0 Å². The van der Waals surface area contributed by atoms with Crippen LogP contribution in [0.3, 0.4) is 0 Å². The lowest BCUT2D eigenvalue weighted by molar-refractivity contribution is -0.120. The first-order valence-electron chi connectivity index (χ1n) is 5.73. The third-order valence-corrected chi connectivity index (χ3v) is 4.81. The molecule has 1 aromatic carbocycles. The van der Waals surface area contributed by atoms with Crippen LogP contribution < -0.4 is 10.6 Å². The van der Waals surface area contributed by atoms with Gasteiger partial charge >= 0.3 is 0 Å². The molecule has 1 fully saturated rings. The van der Waals surface area contributed by atoms with Crippen molar-refractivity contribution in [3.8, 4) is 0 Å². The molecule has 2 aliphatic rings. The SMILES string of the molecule is O=C1NC(NC2CC2)=NC1c1ccc(Br)c(Br)c1. The molecule has 1 heterocycles. The lowest BCUT2D eigenvalue weighted by Gasteiger charge is -2.06. The van der Waals surface area contributed by atoms with Crippen LogP contribution in [0.1, 0.15) is 24.4 Å². The number of aliphatic imine (C=N–C) groups is 1. The fourth-order valence-electron chi connectivity index (χ4n) is 1.81. The van der Waals surface area contributed by atoms with E-state index in [1.54, 1.807) is 0 Å². The molecule has 6 heteroatoms. The van der Waals surface area contributed by atoms with Crippen molar-refractivity contribution < 1.29 is 4.79 Å². The van der Waals surface area contributed by atoms with Gasteiger partial charge < -0.3 is 5.32 Å². The van der Waals surface area contributed by atoms with Crippen molar-refractivity contribution in [3.63, 3.8) is 0 Å². The Morgan fingerprint density at radius 1 is 1.28 bits per heavy atom. The van der Waals surface area contributed by atoms with E-state index in [0.717, 1.165) is 27.4 Å².